The minimum atomic E-state index is -4.14. The van der Waals surface area contributed by atoms with E-state index in [2.05, 4.69) is 5.32 Å². The third kappa shape index (κ3) is 3.58. The van der Waals surface area contributed by atoms with Gasteiger partial charge in [-0.15, -0.1) is 0 Å². The van der Waals surface area contributed by atoms with E-state index < -0.39 is 20.3 Å². The van der Waals surface area contributed by atoms with E-state index in [-0.39, 0.29) is 6.54 Å². The number of piperazine rings is 1. The molecule has 21 heavy (non-hydrogen) atoms. The molecule has 0 unspecified atom stereocenters. The molecule has 1 aliphatic rings. The fourth-order valence-electron chi connectivity index (χ4n) is 2.23. The third-order valence-corrected chi connectivity index (χ3v) is 8.91. The van der Waals surface area contributed by atoms with Crippen LogP contribution in [0.1, 0.15) is 0 Å². The lowest BCUT2D eigenvalue weighted by Gasteiger charge is -2.40. The molecule has 0 amide bonds. The molecule has 1 fully saturated rings. The fourth-order valence-corrected chi connectivity index (χ4v) is 6.62. The van der Waals surface area contributed by atoms with Crippen LogP contribution in [0.25, 0.3) is 0 Å². The molecular weight excluding hydrogens is 322 g/mol. The number of hydrogen-bond acceptors (Lipinski definition) is 9. The topological polar surface area (TPSA) is 107 Å². The van der Waals surface area contributed by atoms with E-state index in [9.17, 15) is 14.2 Å². The lowest BCUT2D eigenvalue weighted by molar-refractivity contribution is 0.0655. The minimum absolute atomic E-state index is 0.216. The van der Waals surface area contributed by atoms with Crippen molar-refractivity contribution in [1.29, 1.82) is 0 Å². The smallest absolute Gasteiger partial charge is 0.367 e. The van der Waals surface area contributed by atoms with Crippen LogP contribution in [-0.4, -0.2) is 76.3 Å². The van der Waals surface area contributed by atoms with Gasteiger partial charge >= 0.3 is 15.2 Å². The summed E-state index contributed by atoms with van der Waals surface area (Å²) >= 11 is 0. The van der Waals surface area contributed by atoms with Crippen LogP contribution in [0.3, 0.4) is 0 Å². The summed E-state index contributed by atoms with van der Waals surface area (Å²) in [6.45, 7) is 2.36. The molecule has 0 saturated carbocycles. The fraction of sp³-hybridized carbons (Fsp3) is 1.00. The lowest BCUT2D eigenvalue weighted by Crippen LogP contribution is -2.50. The Morgan fingerprint density at radius 3 is 1.71 bits per heavy atom. The third-order valence-electron chi connectivity index (χ3n) is 3.48. The van der Waals surface area contributed by atoms with Crippen molar-refractivity contribution < 1.29 is 32.3 Å². The molecule has 1 rings (SSSR count). The van der Waals surface area contributed by atoms with Gasteiger partial charge in [-0.05, 0) is 0 Å². The summed E-state index contributed by atoms with van der Waals surface area (Å²) in [5.41, 5.74) is 0. The van der Waals surface area contributed by atoms with Crippen LogP contribution in [0.5, 0.6) is 0 Å². The molecule has 0 aliphatic carbocycles. The Labute approximate surface area is 125 Å². The zero-order valence-electron chi connectivity index (χ0n) is 12.8. The van der Waals surface area contributed by atoms with Crippen molar-refractivity contribution in [3.8, 4) is 0 Å². The van der Waals surface area contributed by atoms with Gasteiger partial charge in [0.05, 0.1) is 6.54 Å². The van der Waals surface area contributed by atoms with Gasteiger partial charge in [-0.1, -0.05) is 0 Å². The first-order valence-corrected chi connectivity index (χ1v) is 9.49. The number of aliphatic hydroxyl groups is 1. The molecule has 11 heteroatoms. The van der Waals surface area contributed by atoms with Crippen LogP contribution in [0.2, 0.25) is 0 Å². The van der Waals surface area contributed by atoms with Crippen LogP contribution in [0.4, 0.5) is 0 Å². The van der Waals surface area contributed by atoms with Gasteiger partial charge < -0.3 is 28.5 Å². The molecule has 1 heterocycles. The van der Waals surface area contributed by atoms with Gasteiger partial charge in [0.2, 0.25) is 0 Å². The minimum Gasteiger partial charge on any atom is -0.367 e. The molecule has 1 aliphatic heterocycles. The summed E-state index contributed by atoms with van der Waals surface area (Å²) in [5.74, 6) is 0. The second-order valence-corrected chi connectivity index (χ2v) is 9.81. The second-order valence-electron chi connectivity index (χ2n) is 4.53. The van der Waals surface area contributed by atoms with Crippen LogP contribution in [-0.2, 0) is 27.2 Å². The summed E-state index contributed by atoms with van der Waals surface area (Å²) in [6.07, 6.45) is 0. The van der Waals surface area contributed by atoms with Crippen LogP contribution in [0, 0.1) is 0 Å². The summed E-state index contributed by atoms with van der Waals surface area (Å²) in [5, 5.41) is 11.6. The first kappa shape index (κ1) is 19.2. The van der Waals surface area contributed by atoms with Gasteiger partial charge in [0.15, 0.2) is 0 Å². The number of nitrogens with zero attached hydrogens (tertiary/aromatic N) is 1. The molecule has 126 valence electrons. The molecule has 0 bridgehead atoms. The number of hydrogen-bond donors (Lipinski definition) is 2. The molecule has 0 radical (unpaired) electrons. The first-order chi connectivity index (χ1) is 9.82. The molecule has 0 aromatic rings. The predicted molar refractivity (Wildman–Crippen MR) is 77.5 cm³/mol. The molecule has 1 saturated heterocycles. The van der Waals surface area contributed by atoms with Gasteiger partial charge in [0, 0.05) is 54.6 Å². The summed E-state index contributed by atoms with van der Waals surface area (Å²) in [7, 11) is -3.83. The Morgan fingerprint density at radius 1 is 1.00 bits per heavy atom. The average molecular weight is 346 g/mol. The highest BCUT2D eigenvalue weighted by atomic mass is 31.2. The van der Waals surface area contributed by atoms with Crippen molar-refractivity contribution in [2.24, 2.45) is 0 Å². The van der Waals surface area contributed by atoms with Crippen LogP contribution < -0.4 is 5.32 Å². The van der Waals surface area contributed by atoms with E-state index in [1.54, 1.807) is 4.90 Å². The molecular formula is C10H24N2O7P2. The highest BCUT2D eigenvalue weighted by Crippen LogP contribution is 2.75. The van der Waals surface area contributed by atoms with Crippen molar-refractivity contribution in [2.45, 2.75) is 5.08 Å². The SMILES string of the molecule is COP(=O)(OC)C(O)(CN1CCNCC1)P(=O)(OC)OC. The van der Waals surface area contributed by atoms with Gasteiger partial charge in [-0.2, -0.15) is 0 Å². The van der Waals surface area contributed by atoms with Gasteiger partial charge in [0.1, 0.15) is 0 Å². The van der Waals surface area contributed by atoms with Gasteiger partial charge in [-0.25, -0.2) is 0 Å². The largest absolute Gasteiger partial charge is 0.375 e. The second kappa shape index (κ2) is 7.64. The van der Waals surface area contributed by atoms with E-state index in [0.717, 1.165) is 28.4 Å². The Kier molecular flexibility index (Phi) is 6.99. The van der Waals surface area contributed by atoms with Crippen molar-refractivity contribution >= 4 is 15.2 Å². The van der Waals surface area contributed by atoms with Gasteiger partial charge in [0.25, 0.3) is 5.08 Å². The summed E-state index contributed by atoms with van der Waals surface area (Å²) in [4.78, 5) is 1.80. The zero-order chi connectivity index (χ0) is 16.1. The number of nitrogens with one attached hydrogen (secondary N) is 1. The zero-order valence-corrected chi connectivity index (χ0v) is 14.6. The Bertz CT molecular complexity index is 386. The Morgan fingerprint density at radius 2 is 1.38 bits per heavy atom. The van der Waals surface area contributed by atoms with Gasteiger partial charge in [-0.3, -0.25) is 14.0 Å². The van der Waals surface area contributed by atoms with Crippen molar-refractivity contribution in [1.82, 2.24) is 10.2 Å². The Hall–Kier alpha value is 0.180. The van der Waals surface area contributed by atoms with E-state index in [1.807, 2.05) is 0 Å². The predicted octanol–water partition coefficient (Wildman–Crippen LogP) is 0.509. The quantitative estimate of drug-likeness (QED) is 0.608. The standard InChI is InChI=1S/C10H24N2O7P2/c1-16-20(14,17-2)10(13,21(15,18-3)19-4)9-12-7-5-11-6-8-12/h11,13H,5-9H2,1-4H3. The highest BCUT2D eigenvalue weighted by molar-refractivity contribution is 7.73. The maximum atomic E-state index is 12.7. The van der Waals surface area contributed by atoms with E-state index >= 15 is 0 Å². The van der Waals surface area contributed by atoms with Crippen molar-refractivity contribution in [2.75, 3.05) is 61.2 Å². The summed E-state index contributed by atoms with van der Waals surface area (Å²) < 4.78 is 44.9. The van der Waals surface area contributed by atoms with E-state index in [4.69, 9.17) is 18.1 Å². The van der Waals surface area contributed by atoms with E-state index in [0.29, 0.717) is 26.2 Å². The Balaban J connectivity index is 3.21. The summed E-state index contributed by atoms with van der Waals surface area (Å²) in [6, 6.07) is 0. The van der Waals surface area contributed by atoms with Crippen LogP contribution in [0.15, 0.2) is 0 Å². The number of β-amino-alcohol motifs (C(OH)–C–C–N with tert-alkyl or cyclic N) is 1. The maximum absolute atomic E-state index is 12.7. The number of rotatable bonds is 8. The molecule has 0 aromatic carbocycles. The monoisotopic (exact) mass is 346 g/mol. The average Bonchev–Trinajstić information content (AvgIpc) is 2.53. The maximum Gasteiger partial charge on any atom is 0.375 e. The molecule has 0 spiro atoms. The normalized spacial score (nSPS) is 18.9. The van der Waals surface area contributed by atoms with Crippen molar-refractivity contribution in [3.05, 3.63) is 0 Å². The van der Waals surface area contributed by atoms with Crippen molar-refractivity contribution in [3.63, 3.8) is 0 Å². The molecule has 0 aromatic heterocycles. The molecule has 9 nitrogen and oxygen atoms in total. The first-order valence-electron chi connectivity index (χ1n) is 6.41. The highest BCUT2D eigenvalue weighted by Gasteiger charge is 2.64. The molecule has 0 atom stereocenters. The van der Waals surface area contributed by atoms with Crippen LogP contribution >= 0.6 is 15.2 Å². The molecule has 2 N–H and O–H groups in total. The lowest BCUT2D eigenvalue weighted by atomic mass is 10.3. The van der Waals surface area contributed by atoms with E-state index in [1.165, 1.54) is 0 Å².